The molecule has 0 aliphatic heterocycles. The van der Waals surface area contributed by atoms with E-state index in [0.29, 0.717) is 0 Å². The van der Waals surface area contributed by atoms with Gasteiger partial charge in [0.15, 0.2) is 0 Å². The van der Waals surface area contributed by atoms with Gasteiger partial charge < -0.3 is 25.2 Å². The van der Waals surface area contributed by atoms with Crippen molar-refractivity contribution >= 4 is 80.2 Å². The first-order chi connectivity index (χ1) is 11.8. The number of rotatable bonds is 0. The van der Waals surface area contributed by atoms with E-state index < -0.39 is 0 Å². The van der Waals surface area contributed by atoms with Gasteiger partial charge in [-0.2, -0.15) is 0 Å². The Kier molecular flexibility index (Phi) is 16.4. The van der Waals surface area contributed by atoms with Gasteiger partial charge in [-0.1, -0.05) is 66.4 Å². The predicted octanol–water partition coefficient (Wildman–Crippen LogP) is 8.16. The maximum atomic E-state index is 6.94. The summed E-state index contributed by atoms with van der Waals surface area (Å²) < 4.78 is 3.41. The molecule has 0 saturated carbocycles. The molecule has 0 aliphatic rings. The van der Waals surface area contributed by atoms with Gasteiger partial charge in [0.2, 0.25) is 0 Å². The van der Waals surface area contributed by atoms with E-state index in [0.717, 1.165) is 4.47 Å². The molecule has 0 atom stereocenters. The van der Waals surface area contributed by atoms with Gasteiger partial charge in [-0.3, -0.25) is 0 Å². The molecule has 0 spiro atoms. The van der Waals surface area contributed by atoms with Crippen molar-refractivity contribution in [2.45, 2.75) is 26.3 Å². The standard InChI is InChI=1S/C16H11BrN.C4H10N.2CH3.2ClH.Si.Zr/c1-18-14-5-3-2-4-13(14)16-12-7-6-11(17)8-10(12)9-15(16)18;1-4(2,3)5;;;;;;/h2-9H,1H3;5H,1-3H3;2*1H3;2*1H;;/q4*-1;;;;. The van der Waals surface area contributed by atoms with Crippen molar-refractivity contribution in [2.75, 3.05) is 0 Å². The number of hydrogen-bond acceptors (Lipinski definition) is 0. The van der Waals surface area contributed by atoms with Crippen molar-refractivity contribution in [3.63, 3.8) is 0 Å². The first-order valence-electron chi connectivity index (χ1n) is 7.98. The van der Waals surface area contributed by atoms with E-state index in [9.17, 15) is 0 Å². The molecule has 0 unspecified atom stereocenters. The molecule has 4 rings (SSSR count). The Balaban J connectivity index is -0.000000549. The molecule has 29 heavy (non-hydrogen) atoms. The second kappa shape index (κ2) is 14.1. The van der Waals surface area contributed by atoms with Gasteiger partial charge in [-0.15, -0.1) is 59.3 Å². The fourth-order valence-corrected chi connectivity index (χ4v) is 3.27. The minimum absolute atomic E-state index is 0. The van der Waals surface area contributed by atoms with E-state index >= 15 is 0 Å². The monoisotopic (exact) mass is 588 g/mol. The van der Waals surface area contributed by atoms with Gasteiger partial charge in [0.1, 0.15) is 0 Å². The topological polar surface area (TPSA) is 28.7 Å². The van der Waals surface area contributed by atoms with Crippen LogP contribution in [0.4, 0.5) is 0 Å². The van der Waals surface area contributed by atoms with E-state index in [-0.39, 0.29) is 45.2 Å². The number of nitrogens with one attached hydrogen (secondary N) is 1. The summed E-state index contributed by atoms with van der Waals surface area (Å²) in [6, 6.07) is 17.4. The third-order valence-electron chi connectivity index (χ3n) is 3.73. The number of halogens is 3. The van der Waals surface area contributed by atoms with E-state index in [2.05, 4.69) is 83.0 Å². The van der Waals surface area contributed by atoms with Crippen LogP contribution in [0.2, 0.25) is 0 Å². The van der Waals surface area contributed by atoms with Crippen LogP contribution in [0.1, 0.15) is 20.8 Å². The van der Waals surface area contributed by atoms with E-state index in [1.165, 1.54) is 55.9 Å². The average molecular weight is 592 g/mol. The Bertz CT molecular complexity index is 1020. The Morgan fingerprint density at radius 1 is 1.00 bits per heavy atom. The van der Waals surface area contributed by atoms with Crippen LogP contribution in [0.5, 0.6) is 0 Å². The molecule has 2 nitrogen and oxygen atoms in total. The third-order valence-corrected chi connectivity index (χ3v) is 4.22. The number of benzene rings is 2. The van der Waals surface area contributed by atoms with Crippen molar-refractivity contribution < 1.29 is 23.3 Å². The molecule has 0 amide bonds. The number of aromatic nitrogens is 1. The molecular weight excluding hydrogens is 562 g/mol. The number of aryl methyl sites for hydroxylation is 1. The van der Waals surface area contributed by atoms with E-state index in [4.69, 9.17) is 5.73 Å². The molecule has 160 valence electrons. The summed E-state index contributed by atoms with van der Waals surface area (Å²) in [4.78, 5) is 0. The van der Waals surface area contributed by atoms with Gasteiger partial charge in [0.05, 0.1) is 0 Å². The molecule has 2 radical (unpaired) electrons. The van der Waals surface area contributed by atoms with Crippen molar-refractivity contribution in [3.05, 3.63) is 73.6 Å². The van der Waals surface area contributed by atoms with E-state index in [1.807, 2.05) is 20.8 Å². The fourth-order valence-electron chi connectivity index (χ4n) is 2.89. The molecule has 4 aromatic rings. The number of nitrogens with zero attached hydrogens (tertiary/aromatic N) is 1. The Labute approximate surface area is 213 Å². The van der Waals surface area contributed by atoms with Crippen LogP contribution in [-0.4, -0.2) is 17.0 Å². The zero-order chi connectivity index (χ0) is 18.8. The van der Waals surface area contributed by atoms with Gasteiger partial charge in [0.25, 0.3) is 0 Å². The normalized spacial score (nSPS) is 9.55. The molecule has 0 fully saturated rings. The quantitative estimate of drug-likeness (QED) is 0.146. The number of fused-ring (bicyclic) bond motifs is 5. The van der Waals surface area contributed by atoms with Crippen LogP contribution in [-0.2, 0) is 30.4 Å². The average Bonchev–Trinajstić information content (AvgIpc) is 3.04. The minimum atomic E-state index is -0.250. The Morgan fingerprint density at radius 2 is 1.52 bits per heavy atom. The summed E-state index contributed by atoms with van der Waals surface area (Å²) in [6.07, 6.45) is 0. The summed E-state index contributed by atoms with van der Waals surface area (Å²) in [7, 11) is 2.14. The molecule has 0 saturated heterocycles. The molecular formula is C22H29BrCl2N2SiZr-4. The predicted molar refractivity (Wildman–Crippen MR) is 138 cm³/mol. The SMILES string of the molecule is CC(C)(C)[NH-].Cl.Cl.Cn1c2ccccc2c2c3ccc(Br)cc3[cH-]c21.[CH3-].[CH3-].[Si]=[Zr]. The van der Waals surface area contributed by atoms with Crippen molar-refractivity contribution in [3.8, 4) is 0 Å². The molecule has 1 N–H and O–H groups in total. The second-order valence-electron chi connectivity index (χ2n) is 6.96. The van der Waals surface area contributed by atoms with Gasteiger partial charge in [-0.25, -0.2) is 0 Å². The summed E-state index contributed by atoms with van der Waals surface area (Å²) in [6.45, 7) is 8.62. The van der Waals surface area contributed by atoms with Crippen LogP contribution < -0.4 is 0 Å². The molecule has 1 heterocycles. The van der Waals surface area contributed by atoms with Crippen LogP contribution in [0.3, 0.4) is 0 Å². The Hall–Kier alpha value is -0.0300. The zero-order valence-corrected chi connectivity index (χ0v) is 24.4. The van der Waals surface area contributed by atoms with Crippen LogP contribution in [0, 0.1) is 14.9 Å². The summed E-state index contributed by atoms with van der Waals surface area (Å²) in [5.74, 6) is 0. The third kappa shape index (κ3) is 8.20. The molecule has 3 aromatic carbocycles. The molecule has 0 aliphatic carbocycles. The Morgan fingerprint density at radius 3 is 2.07 bits per heavy atom. The van der Waals surface area contributed by atoms with E-state index in [1.54, 1.807) is 0 Å². The summed E-state index contributed by atoms with van der Waals surface area (Å²) in [5, 5.41) is 5.35. The zero-order valence-electron chi connectivity index (χ0n) is 17.8. The van der Waals surface area contributed by atoms with Gasteiger partial charge in [-0.05, 0) is 21.4 Å². The fraction of sp³-hybridized carbons (Fsp3) is 0.227. The van der Waals surface area contributed by atoms with Crippen molar-refractivity contribution in [1.29, 1.82) is 0 Å². The van der Waals surface area contributed by atoms with Crippen LogP contribution >= 0.6 is 40.7 Å². The van der Waals surface area contributed by atoms with Crippen molar-refractivity contribution in [2.24, 2.45) is 7.05 Å². The van der Waals surface area contributed by atoms with Gasteiger partial charge in [0, 0.05) is 12.6 Å². The van der Waals surface area contributed by atoms with Crippen LogP contribution in [0.25, 0.3) is 38.3 Å². The molecule has 1 aromatic heterocycles. The maximum absolute atomic E-state index is 6.94. The summed E-state index contributed by atoms with van der Waals surface area (Å²) >= 11 is 4.89. The second-order valence-corrected chi connectivity index (χ2v) is 7.88. The number of para-hydroxylation sites is 1. The molecule has 0 bridgehead atoms. The first-order valence-corrected chi connectivity index (χ1v) is 13.0. The van der Waals surface area contributed by atoms with Gasteiger partial charge >= 0.3 is 30.2 Å². The van der Waals surface area contributed by atoms with Crippen LogP contribution in [0.15, 0.2) is 53.0 Å². The van der Waals surface area contributed by atoms with Crippen molar-refractivity contribution in [1.82, 2.24) is 4.57 Å². The molecule has 7 heteroatoms. The number of hydrogen-bond donors (Lipinski definition) is 0. The first kappa shape index (κ1) is 33.6. The summed E-state index contributed by atoms with van der Waals surface area (Å²) in [5.41, 5.74) is 9.30.